The van der Waals surface area contributed by atoms with E-state index < -0.39 is 0 Å². The van der Waals surface area contributed by atoms with Gasteiger partial charge in [0.1, 0.15) is 0 Å². The van der Waals surface area contributed by atoms with Gasteiger partial charge in [-0.1, -0.05) is 20.3 Å². The van der Waals surface area contributed by atoms with E-state index in [9.17, 15) is 0 Å². The minimum atomic E-state index is 0.514. The van der Waals surface area contributed by atoms with Gasteiger partial charge < -0.3 is 11.5 Å². The Bertz CT molecular complexity index is 73.6. The molecule has 2 unspecified atom stereocenters. The average molecular weight is 158 g/mol. The number of hydrogen-bond acceptors (Lipinski definition) is 2. The fraction of sp³-hybridized carbons (Fsp3) is 1.00. The van der Waals surface area contributed by atoms with E-state index in [2.05, 4.69) is 13.8 Å². The van der Waals surface area contributed by atoms with Crippen LogP contribution in [0, 0.1) is 5.92 Å². The molecule has 68 valence electrons. The predicted molar refractivity (Wildman–Crippen MR) is 50.3 cm³/mol. The number of nitrogens with two attached hydrogens (primary N) is 2. The van der Waals surface area contributed by atoms with Gasteiger partial charge in [0.25, 0.3) is 0 Å². The fourth-order valence-corrected chi connectivity index (χ4v) is 1.17. The molecule has 1 aliphatic rings. The molecular formula is C9H22N2. The lowest BCUT2D eigenvalue weighted by Crippen LogP contribution is -2.21. The van der Waals surface area contributed by atoms with E-state index in [0.29, 0.717) is 6.04 Å². The quantitative estimate of drug-likeness (QED) is 0.607. The van der Waals surface area contributed by atoms with E-state index in [1.807, 2.05) is 0 Å². The molecule has 0 aromatic heterocycles. The predicted octanol–water partition coefficient (Wildman–Crippen LogP) is 1.49. The monoisotopic (exact) mass is 158 g/mol. The maximum atomic E-state index is 5.68. The maximum absolute atomic E-state index is 5.68. The first kappa shape index (κ1) is 10.9. The topological polar surface area (TPSA) is 52.0 Å². The summed E-state index contributed by atoms with van der Waals surface area (Å²) < 4.78 is 0. The highest BCUT2D eigenvalue weighted by molar-refractivity contribution is 4.75. The summed E-state index contributed by atoms with van der Waals surface area (Å²) in [6.45, 7) is 5.11. The Hall–Kier alpha value is -0.0800. The smallest absolute Gasteiger partial charge is 0.00645 e. The van der Waals surface area contributed by atoms with Gasteiger partial charge >= 0.3 is 0 Å². The Morgan fingerprint density at radius 1 is 1.36 bits per heavy atom. The third-order valence-electron chi connectivity index (χ3n) is 2.22. The Balaban J connectivity index is 0.000000218. The van der Waals surface area contributed by atoms with Gasteiger partial charge in [-0.25, -0.2) is 0 Å². The van der Waals surface area contributed by atoms with Gasteiger partial charge in [0.15, 0.2) is 0 Å². The van der Waals surface area contributed by atoms with Crippen LogP contribution in [0.15, 0.2) is 0 Å². The first-order valence-electron chi connectivity index (χ1n) is 4.68. The van der Waals surface area contributed by atoms with Crippen LogP contribution in [0.1, 0.15) is 39.5 Å². The van der Waals surface area contributed by atoms with Crippen LogP contribution in [0.2, 0.25) is 0 Å². The SMILES string of the molecule is CC1CCCC1N.CCCN. The van der Waals surface area contributed by atoms with Crippen LogP contribution < -0.4 is 11.5 Å². The molecule has 4 N–H and O–H groups in total. The molecule has 0 saturated heterocycles. The van der Waals surface area contributed by atoms with Gasteiger partial charge in [-0.15, -0.1) is 0 Å². The van der Waals surface area contributed by atoms with Crippen molar-refractivity contribution in [2.75, 3.05) is 6.54 Å². The van der Waals surface area contributed by atoms with Crippen LogP contribution in [0.25, 0.3) is 0 Å². The number of rotatable bonds is 1. The van der Waals surface area contributed by atoms with Gasteiger partial charge in [0.05, 0.1) is 0 Å². The lowest BCUT2D eigenvalue weighted by Gasteiger charge is -2.05. The van der Waals surface area contributed by atoms with E-state index in [4.69, 9.17) is 11.5 Å². The molecule has 2 heteroatoms. The molecule has 2 atom stereocenters. The Morgan fingerprint density at radius 2 is 1.91 bits per heavy atom. The van der Waals surface area contributed by atoms with Gasteiger partial charge in [0, 0.05) is 6.04 Å². The minimum Gasteiger partial charge on any atom is -0.330 e. The van der Waals surface area contributed by atoms with E-state index in [1.54, 1.807) is 0 Å². The van der Waals surface area contributed by atoms with Crippen LogP contribution in [0.5, 0.6) is 0 Å². The molecule has 1 fully saturated rings. The summed E-state index contributed by atoms with van der Waals surface area (Å²) in [6, 6.07) is 0.514. The van der Waals surface area contributed by atoms with E-state index >= 15 is 0 Å². The molecule has 0 radical (unpaired) electrons. The molecule has 1 aliphatic carbocycles. The summed E-state index contributed by atoms with van der Waals surface area (Å²) in [7, 11) is 0. The minimum absolute atomic E-state index is 0.514. The third-order valence-corrected chi connectivity index (χ3v) is 2.22. The van der Waals surface area contributed by atoms with Crippen molar-refractivity contribution < 1.29 is 0 Å². The molecule has 2 nitrogen and oxygen atoms in total. The van der Waals surface area contributed by atoms with Crippen molar-refractivity contribution in [1.82, 2.24) is 0 Å². The van der Waals surface area contributed by atoms with Crippen molar-refractivity contribution in [2.45, 2.75) is 45.6 Å². The first-order chi connectivity index (χ1) is 5.22. The molecular weight excluding hydrogens is 136 g/mol. The zero-order valence-electron chi connectivity index (χ0n) is 7.84. The molecule has 0 bridgehead atoms. The second kappa shape index (κ2) is 6.62. The molecule has 0 heterocycles. The maximum Gasteiger partial charge on any atom is 0.00645 e. The summed E-state index contributed by atoms with van der Waals surface area (Å²) in [4.78, 5) is 0. The lowest BCUT2D eigenvalue weighted by molar-refractivity contribution is 0.527. The summed E-state index contributed by atoms with van der Waals surface area (Å²) >= 11 is 0. The summed E-state index contributed by atoms with van der Waals surface area (Å²) in [6.07, 6.45) is 5.05. The zero-order chi connectivity index (χ0) is 8.69. The van der Waals surface area contributed by atoms with Gasteiger partial charge in [0.2, 0.25) is 0 Å². The third kappa shape index (κ3) is 5.22. The summed E-state index contributed by atoms with van der Waals surface area (Å²) in [5.41, 5.74) is 10.7. The van der Waals surface area contributed by atoms with Crippen molar-refractivity contribution in [3.05, 3.63) is 0 Å². The highest BCUT2D eigenvalue weighted by Gasteiger charge is 2.18. The Morgan fingerprint density at radius 3 is 2.00 bits per heavy atom. The van der Waals surface area contributed by atoms with E-state index in [0.717, 1.165) is 18.9 Å². The molecule has 0 aromatic rings. The van der Waals surface area contributed by atoms with Gasteiger partial charge in [-0.2, -0.15) is 0 Å². The molecule has 0 spiro atoms. The highest BCUT2D eigenvalue weighted by Crippen LogP contribution is 2.22. The van der Waals surface area contributed by atoms with Crippen LogP contribution >= 0.6 is 0 Å². The van der Waals surface area contributed by atoms with Crippen LogP contribution in [0.4, 0.5) is 0 Å². The Labute approximate surface area is 70.3 Å². The van der Waals surface area contributed by atoms with Crippen molar-refractivity contribution in [3.63, 3.8) is 0 Å². The normalized spacial score (nSPS) is 29.5. The first-order valence-corrected chi connectivity index (χ1v) is 4.68. The van der Waals surface area contributed by atoms with Gasteiger partial charge in [-0.3, -0.25) is 0 Å². The largest absolute Gasteiger partial charge is 0.330 e. The molecule has 11 heavy (non-hydrogen) atoms. The van der Waals surface area contributed by atoms with Crippen molar-refractivity contribution in [1.29, 1.82) is 0 Å². The van der Waals surface area contributed by atoms with Gasteiger partial charge in [-0.05, 0) is 31.7 Å². The molecule has 1 saturated carbocycles. The Kier molecular flexibility index (Phi) is 6.57. The molecule has 0 amide bonds. The standard InChI is InChI=1S/C6H13N.C3H9N/c1-5-3-2-4-6(5)7;1-2-3-4/h5-6H,2-4,7H2,1H3;2-4H2,1H3. The van der Waals surface area contributed by atoms with Crippen LogP contribution in [-0.4, -0.2) is 12.6 Å². The highest BCUT2D eigenvalue weighted by atomic mass is 14.7. The van der Waals surface area contributed by atoms with E-state index in [-0.39, 0.29) is 0 Å². The fourth-order valence-electron chi connectivity index (χ4n) is 1.17. The van der Waals surface area contributed by atoms with Crippen LogP contribution in [-0.2, 0) is 0 Å². The van der Waals surface area contributed by atoms with Crippen molar-refractivity contribution >= 4 is 0 Å². The number of hydrogen-bond donors (Lipinski definition) is 2. The second-order valence-corrected chi connectivity index (χ2v) is 3.36. The van der Waals surface area contributed by atoms with Crippen LogP contribution in [0.3, 0.4) is 0 Å². The molecule has 0 aromatic carbocycles. The molecule has 1 rings (SSSR count). The second-order valence-electron chi connectivity index (χ2n) is 3.36. The average Bonchev–Trinajstić information content (AvgIpc) is 2.37. The van der Waals surface area contributed by atoms with Crippen molar-refractivity contribution in [2.24, 2.45) is 17.4 Å². The zero-order valence-corrected chi connectivity index (χ0v) is 7.84. The summed E-state index contributed by atoms with van der Waals surface area (Å²) in [5.74, 6) is 0.792. The van der Waals surface area contributed by atoms with Crippen molar-refractivity contribution in [3.8, 4) is 0 Å². The van der Waals surface area contributed by atoms with E-state index in [1.165, 1.54) is 19.3 Å². The lowest BCUT2D eigenvalue weighted by atomic mass is 10.1. The molecule has 0 aliphatic heterocycles. The summed E-state index contributed by atoms with van der Waals surface area (Å²) in [5, 5.41) is 0.